The summed E-state index contributed by atoms with van der Waals surface area (Å²) in [5.74, 6) is 0.551. The maximum atomic E-state index is 13.1. The number of benzene rings is 1. The lowest BCUT2D eigenvalue weighted by Gasteiger charge is -2.14. The number of hydrogen-bond donors (Lipinski definition) is 2. The Kier molecular flexibility index (Phi) is 6.12. The zero-order valence-corrected chi connectivity index (χ0v) is 12.5. The van der Waals surface area contributed by atoms with Crippen LogP contribution in [-0.2, 0) is 6.42 Å². The third-order valence-corrected chi connectivity index (χ3v) is 2.95. The molecule has 0 unspecified atom stereocenters. The minimum absolute atomic E-state index is 0.232. The van der Waals surface area contributed by atoms with Gasteiger partial charge in [0.05, 0.1) is 4.47 Å². The van der Waals surface area contributed by atoms with Gasteiger partial charge in [0.25, 0.3) is 0 Å². The van der Waals surface area contributed by atoms with Crippen LogP contribution in [0.15, 0.2) is 27.7 Å². The Morgan fingerprint density at radius 3 is 2.72 bits per heavy atom. The first-order chi connectivity index (χ1) is 8.52. The molecule has 0 saturated carbocycles. The summed E-state index contributed by atoms with van der Waals surface area (Å²) < 4.78 is 13.6. The lowest BCUT2D eigenvalue weighted by molar-refractivity contribution is 0.620. The molecular formula is C13H19BrFN3. The van der Waals surface area contributed by atoms with Gasteiger partial charge in [-0.3, -0.25) is 4.99 Å². The van der Waals surface area contributed by atoms with Crippen molar-refractivity contribution in [3.63, 3.8) is 0 Å². The second-order valence-corrected chi connectivity index (χ2v) is 5.15. The Balaban J connectivity index is 2.43. The molecule has 3 nitrogen and oxygen atoms in total. The summed E-state index contributed by atoms with van der Waals surface area (Å²) in [4.78, 5) is 4.12. The standard InChI is InChI=1S/C13H19BrFN3/c1-9(2)18-13(16-3)17-7-6-10-4-5-12(15)11(14)8-10/h4-5,8-9H,6-7H2,1-3H3,(H2,16,17,18). The predicted octanol–water partition coefficient (Wildman–Crippen LogP) is 2.70. The van der Waals surface area contributed by atoms with Crippen LogP contribution >= 0.6 is 15.9 Å². The van der Waals surface area contributed by atoms with Gasteiger partial charge in [0.2, 0.25) is 0 Å². The molecule has 0 spiro atoms. The number of guanidine groups is 1. The highest BCUT2D eigenvalue weighted by atomic mass is 79.9. The largest absolute Gasteiger partial charge is 0.356 e. The monoisotopic (exact) mass is 315 g/mol. The predicted molar refractivity (Wildman–Crippen MR) is 77.4 cm³/mol. The molecular weight excluding hydrogens is 297 g/mol. The molecule has 0 aliphatic rings. The summed E-state index contributed by atoms with van der Waals surface area (Å²) in [6.07, 6.45) is 0.817. The van der Waals surface area contributed by atoms with Gasteiger partial charge >= 0.3 is 0 Å². The molecule has 1 rings (SSSR count). The average Bonchev–Trinajstić information content (AvgIpc) is 2.32. The lowest BCUT2D eigenvalue weighted by Crippen LogP contribution is -2.41. The summed E-state index contributed by atoms with van der Waals surface area (Å²) in [5.41, 5.74) is 1.08. The fraction of sp³-hybridized carbons (Fsp3) is 0.462. The van der Waals surface area contributed by atoms with E-state index in [0.29, 0.717) is 10.5 Å². The van der Waals surface area contributed by atoms with Crippen LogP contribution in [0.3, 0.4) is 0 Å². The van der Waals surface area contributed by atoms with E-state index in [9.17, 15) is 4.39 Å². The molecule has 0 heterocycles. The van der Waals surface area contributed by atoms with E-state index >= 15 is 0 Å². The maximum absolute atomic E-state index is 13.1. The lowest BCUT2D eigenvalue weighted by atomic mass is 10.1. The number of nitrogens with one attached hydrogen (secondary N) is 2. The van der Waals surface area contributed by atoms with Crippen LogP contribution in [0.2, 0.25) is 0 Å². The molecule has 0 aliphatic carbocycles. The summed E-state index contributed by atoms with van der Waals surface area (Å²) in [6.45, 7) is 4.87. The molecule has 0 amide bonds. The first-order valence-electron chi connectivity index (χ1n) is 5.94. The molecule has 18 heavy (non-hydrogen) atoms. The highest BCUT2D eigenvalue weighted by Gasteiger charge is 2.02. The highest BCUT2D eigenvalue weighted by molar-refractivity contribution is 9.10. The van der Waals surface area contributed by atoms with E-state index in [4.69, 9.17) is 0 Å². The molecule has 2 N–H and O–H groups in total. The van der Waals surface area contributed by atoms with Crippen LogP contribution < -0.4 is 10.6 Å². The van der Waals surface area contributed by atoms with E-state index in [1.54, 1.807) is 19.2 Å². The van der Waals surface area contributed by atoms with E-state index in [1.807, 2.05) is 0 Å². The minimum atomic E-state index is -0.232. The maximum Gasteiger partial charge on any atom is 0.191 e. The van der Waals surface area contributed by atoms with Gasteiger partial charge in [-0.05, 0) is 53.9 Å². The first kappa shape index (κ1) is 15.0. The van der Waals surface area contributed by atoms with Crippen LogP contribution in [-0.4, -0.2) is 25.6 Å². The van der Waals surface area contributed by atoms with Gasteiger partial charge in [-0.15, -0.1) is 0 Å². The molecule has 0 aliphatic heterocycles. The van der Waals surface area contributed by atoms with Crippen molar-refractivity contribution in [1.29, 1.82) is 0 Å². The Bertz CT molecular complexity index is 419. The van der Waals surface area contributed by atoms with Crippen LogP contribution in [0.4, 0.5) is 4.39 Å². The van der Waals surface area contributed by atoms with Crippen molar-refractivity contribution in [1.82, 2.24) is 10.6 Å². The Morgan fingerprint density at radius 1 is 1.44 bits per heavy atom. The SMILES string of the molecule is CN=C(NCCc1ccc(F)c(Br)c1)NC(C)C. The molecule has 1 aromatic rings. The zero-order valence-electron chi connectivity index (χ0n) is 10.9. The smallest absolute Gasteiger partial charge is 0.191 e. The fourth-order valence-corrected chi connectivity index (χ4v) is 1.91. The number of nitrogens with zero attached hydrogens (tertiary/aromatic N) is 1. The number of aliphatic imine (C=N–C) groups is 1. The van der Waals surface area contributed by atoms with Gasteiger partial charge in [-0.2, -0.15) is 0 Å². The molecule has 0 radical (unpaired) electrons. The molecule has 5 heteroatoms. The van der Waals surface area contributed by atoms with Crippen molar-refractivity contribution in [2.75, 3.05) is 13.6 Å². The van der Waals surface area contributed by atoms with Gasteiger partial charge in [-0.1, -0.05) is 6.07 Å². The van der Waals surface area contributed by atoms with E-state index in [0.717, 1.165) is 24.5 Å². The van der Waals surface area contributed by atoms with Crippen molar-refractivity contribution in [2.24, 2.45) is 4.99 Å². The Hall–Kier alpha value is -1.10. The minimum Gasteiger partial charge on any atom is -0.356 e. The van der Waals surface area contributed by atoms with Gasteiger partial charge < -0.3 is 10.6 Å². The van der Waals surface area contributed by atoms with Gasteiger partial charge in [-0.25, -0.2) is 4.39 Å². The topological polar surface area (TPSA) is 36.4 Å². The van der Waals surface area contributed by atoms with E-state index in [2.05, 4.69) is 45.4 Å². The molecule has 0 bridgehead atoms. The van der Waals surface area contributed by atoms with Crippen LogP contribution in [0.1, 0.15) is 19.4 Å². The number of hydrogen-bond acceptors (Lipinski definition) is 1. The fourth-order valence-electron chi connectivity index (χ4n) is 1.49. The summed E-state index contributed by atoms with van der Waals surface area (Å²) in [7, 11) is 1.74. The summed E-state index contributed by atoms with van der Waals surface area (Å²) in [5, 5.41) is 6.42. The van der Waals surface area contributed by atoms with Crippen LogP contribution in [0, 0.1) is 5.82 Å². The van der Waals surface area contributed by atoms with Crippen molar-refractivity contribution >= 4 is 21.9 Å². The van der Waals surface area contributed by atoms with E-state index < -0.39 is 0 Å². The van der Waals surface area contributed by atoms with Gasteiger partial charge in [0.15, 0.2) is 5.96 Å². The molecule has 1 aromatic carbocycles. The molecule has 0 aromatic heterocycles. The molecule has 0 atom stereocenters. The Morgan fingerprint density at radius 2 is 2.17 bits per heavy atom. The van der Waals surface area contributed by atoms with Gasteiger partial charge in [0, 0.05) is 19.6 Å². The Labute approximate surface area is 116 Å². The van der Waals surface area contributed by atoms with Crippen LogP contribution in [0.5, 0.6) is 0 Å². The van der Waals surface area contributed by atoms with E-state index in [-0.39, 0.29) is 5.82 Å². The quantitative estimate of drug-likeness (QED) is 0.662. The van der Waals surface area contributed by atoms with Crippen LogP contribution in [0.25, 0.3) is 0 Å². The second-order valence-electron chi connectivity index (χ2n) is 4.30. The highest BCUT2D eigenvalue weighted by Crippen LogP contribution is 2.16. The van der Waals surface area contributed by atoms with Crippen molar-refractivity contribution in [2.45, 2.75) is 26.3 Å². The number of rotatable bonds is 4. The normalized spacial score (nSPS) is 11.8. The van der Waals surface area contributed by atoms with Gasteiger partial charge in [0.1, 0.15) is 5.82 Å². The third-order valence-electron chi connectivity index (χ3n) is 2.34. The number of halogens is 2. The molecule has 0 saturated heterocycles. The van der Waals surface area contributed by atoms with E-state index in [1.165, 1.54) is 6.07 Å². The van der Waals surface area contributed by atoms with Crippen molar-refractivity contribution < 1.29 is 4.39 Å². The first-order valence-corrected chi connectivity index (χ1v) is 6.73. The molecule has 0 fully saturated rings. The summed E-state index contributed by atoms with van der Waals surface area (Å²) in [6, 6.07) is 5.41. The third kappa shape index (κ3) is 5.04. The molecule has 100 valence electrons. The summed E-state index contributed by atoms with van der Waals surface area (Å²) >= 11 is 3.18. The zero-order chi connectivity index (χ0) is 13.5. The average molecular weight is 316 g/mol. The van der Waals surface area contributed by atoms with Crippen molar-refractivity contribution in [3.8, 4) is 0 Å². The second kappa shape index (κ2) is 7.36. The van der Waals surface area contributed by atoms with Crippen molar-refractivity contribution in [3.05, 3.63) is 34.1 Å².